The van der Waals surface area contributed by atoms with Crippen LogP contribution in [0.2, 0.25) is 0 Å². The first kappa shape index (κ1) is 15.8. The van der Waals surface area contributed by atoms with Crippen LogP contribution in [0.3, 0.4) is 0 Å². The average molecular weight is 294 g/mol. The Balaban J connectivity index is 1.86. The molecule has 1 unspecified atom stereocenters. The Bertz CT molecular complexity index is 478. The molecule has 0 aromatic carbocycles. The smallest absolute Gasteiger partial charge is 0.317 e. The van der Waals surface area contributed by atoms with Crippen molar-refractivity contribution < 1.29 is 4.79 Å². The monoisotopic (exact) mass is 294 g/mol. The zero-order valence-electron chi connectivity index (χ0n) is 13.5. The van der Waals surface area contributed by atoms with Gasteiger partial charge in [-0.25, -0.2) is 9.48 Å². The minimum atomic E-state index is -0.00330. The Kier molecular flexibility index (Phi) is 4.82. The van der Waals surface area contributed by atoms with Crippen LogP contribution in [0, 0.1) is 0 Å². The second-order valence-electron chi connectivity index (χ2n) is 6.33. The van der Waals surface area contributed by atoms with Crippen molar-refractivity contribution in [1.82, 2.24) is 30.5 Å². The van der Waals surface area contributed by atoms with Crippen LogP contribution in [-0.2, 0) is 0 Å². The van der Waals surface area contributed by atoms with Crippen LogP contribution < -0.4 is 10.6 Å². The lowest BCUT2D eigenvalue weighted by atomic mass is 10.1. The summed E-state index contributed by atoms with van der Waals surface area (Å²) in [7, 11) is 0. The number of nitrogens with one attached hydrogen (secondary N) is 2. The number of amides is 2. The van der Waals surface area contributed by atoms with Gasteiger partial charge in [-0.2, -0.15) is 0 Å². The second-order valence-corrected chi connectivity index (χ2v) is 6.33. The molecule has 21 heavy (non-hydrogen) atoms. The minimum absolute atomic E-state index is 0.00330. The van der Waals surface area contributed by atoms with Crippen LogP contribution in [0.4, 0.5) is 4.79 Å². The molecule has 7 heteroatoms. The third kappa shape index (κ3) is 3.93. The molecule has 2 rings (SSSR count). The van der Waals surface area contributed by atoms with Gasteiger partial charge in [-0.05, 0) is 20.8 Å². The van der Waals surface area contributed by atoms with Gasteiger partial charge in [0.1, 0.15) is 0 Å². The molecule has 0 spiro atoms. The van der Waals surface area contributed by atoms with Crippen LogP contribution in [0.1, 0.15) is 52.4 Å². The van der Waals surface area contributed by atoms with Crippen molar-refractivity contribution >= 4 is 6.03 Å². The molecule has 1 aliphatic heterocycles. The molecule has 2 N–H and O–H groups in total. The summed E-state index contributed by atoms with van der Waals surface area (Å²) < 4.78 is 1.87. The fraction of sp³-hybridized carbons (Fsp3) is 0.786. The molecule has 1 aromatic rings. The highest BCUT2D eigenvalue weighted by molar-refractivity contribution is 5.75. The van der Waals surface area contributed by atoms with Crippen molar-refractivity contribution in [1.29, 1.82) is 0 Å². The molecule has 1 aromatic heterocycles. The summed E-state index contributed by atoms with van der Waals surface area (Å²) in [5.41, 5.74) is 0.939. The van der Waals surface area contributed by atoms with E-state index >= 15 is 0 Å². The first-order valence-corrected chi connectivity index (χ1v) is 7.60. The minimum Gasteiger partial charge on any atom is -0.336 e. The molecule has 7 nitrogen and oxygen atoms in total. The molecule has 2 amide bonds. The van der Waals surface area contributed by atoms with E-state index < -0.39 is 0 Å². The van der Waals surface area contributed by atoms with E-state index in [0.29, 0.717) is 19.1 Å². The van der Waals surface area contributed by atoms with Crippen molar-refractivity contribution in [2.45, 2.75) is 58.8 Å². The van der Waals surface area contributed by atoms with Gasteiger partial charge in [0.15, 0.2) is 0 Å². The van der Waals surface area contributed by atoms with Gasteiger partial charge >= 0.3 is 6.03 Å². The zero-order valence-corrected chi connectivity index (χ0v) is 13.5. The van der Waals surface area contributed by atoms with Crippen LogP contribution >= 0.6 is 0 Å². The van der Waals surface area contributed by atoms with Crippen molar-refractivity contribution in [2.24, 2.45) is 0 Å². The predicted molar refractivity (Wildman–Crippen MR) is 81.0 cm³/mol. The lowest BCUT2D eigenvalue weighted by Gasteiger charge is -2.39. The number of likely N-dealkylation sites (tertiary alicyclic amines) is 1. The Hall–Kier alpha value is -1.63. The standard InChI is InChI=1S/C14H26N6O/c1-9(2)15-11(5)13-8-20(18-17-13)12-6-19(7-12)14(21)16-10(3)4/h8-12,15H,6-7H2,1-5H3,(H,16,21). The topological polar surface area (TPSA) is 75.1 Å². The van der Waals surface area contributed by atoms with Gasteiger partial charge in [-0.3, -0.25) is 0 Å². The Morgan fingerprint density at radius 2 is 1.90 bits per heavy atom. The molecule has 1 fully saturated rings. The molecule has 0 aliphatic carbocycles. The van der Waals surface area contributed by atoms with E-state index in [4.69, 9.17) is 0 Å². The van der Waals surface area contributed by atoms with E-state index in [0.717, 1.165) is 5.69 Å². The second kappa shape index (κ2) is 6.43. The van der Waals surface area contributed by atoms with Gasteiger partial charge in [0.05, 0.1) is 24.0 Å². The molecule has 0 radical (unpaired) electrons. The van der Waals surface area contributed by atoms with Gasteiger partial charge in [-0.15, -0.1) is 5.10 Å². The molecule has 1 atom stereocenters. The molecule has 0 saturated carbocycles. The van der Waals surface area contributed by atoms with E-state index in [1.165, 1.54) is 0 Å². The zero-order chi connectivity index (χ0) is 15.6. The Labute approximate surface area is 126 Å². The summed E-state index contributed by atoms with van der Waals surface area (Å²) in [6.45, 7) is 11.6. The highest BCUT2D eigenvalue weighted by Gasteiger charge is 2.33. The maximum absolute atomic E-state index is 11.8. The van der Waals surface area contributed by atoms with Crippen LogP contribution in [-0.4, -0.2) is 51.1 Å². The number of rotatable bonds is 5. The van der Waals surface area contributed by atoms with Gasteiger partial charge in [0.25, 0.3) is 0 Å². The van der Waals surface area contributed by atoms with E-state index in [1.807, 2.05) is 24.7 Å². The van der Waals surface area contributed by atoms with Crippen molar-refractivity contribution in [3.63, 3.8) is 0 Å². The van der Waals surface area contributed by atoms with Crippen molar-refractivity contribution in [2.75, 3.05) is 13.1 Å². The summed E-state index contributed by atoms with van der Waals surface area (Å²) in [5.74, 6) is 0. The van der Waals surface area contributed by atoms with E-state index in [2.05, 4.69) is 41.7 Å². The number of urea groups is 1. The third-order valence-corrected chi connectivity index (χ3v) is 3.49. The fourth-order valence-corrected chi connectivity index (χ4v) is 2.38. The van der Waals surface area contributed by atoms with E-state index in [-0.39, 0.29) is 24.2 Å². The SMILES string of the molecule is CC(C)NC(=O)N1CC(n2cc(C(C)NC(C)C)nn2)C1. The predicted octanol–water partition coefficient (Wildman–Crippen LogP) is 1.31. The molecule has 1 aliphatic rings. The third-order valence-electron chi connectivity index (χ3n) is 3.49. The Morgan fingerprint density at radius 1 is 1.24 bits per heavy atom. The maximum Gasteiger partial charge on any atom is 0.317 e. The first-order valence-electron chi connectivity index (χ1n) is 7.60. The normalized spacial score (nSPS) is 17.2. The molecule has 2 heterocycles. The fourth-order valence-electron chi connectivity index (χ4n) is 2.38. The first-order chi connectivity index (χ1) is 9.86. The quantitative estimate of drug-likeness (QED) is 0.858. The Morgan fingerprint density at radius 3 is 2.48 bits per heavy atom. The number of hydrogen-bond acceptors (Lipinski definition) is 4. The highest BCUT2D eigenvalue weighted by Crippen LogP contribution is 2.21. The van der Waals surface area contributed by atoms with Gasteiger partial charge in [0.2, 0.25) is 0 Å². The van der Waals surface area contributed by atoms with Crippen LogP contribution in [0.15, 0.2) is 6.20 Å². The van der Waals surface area contributed by atoms with Crippen LogP contribution in [0.25, 0.3) is 0 Å². The molecule has 0 bridgehead atoms. The lowest BCUT2D eigenvalue weighted by Crippen LogP contribution is -2.55. The number of hydrogen-bond donors (Lipinski definition) is 2. The van der Waals surface area contributed by atoms with Crippen LogP contribution in [0.5, 0.6) is 0 Å². The highest BCUT2D eigenvalue weighted by atomic mass is 16.2. The maximum atomic E-state index is 11.8. The number of aromatic nitrogens is 3. The van der Waals surface area contributed by atoms with Gasteiger partial charge in [-0.1, -0.05) is 19.1 Å². The van der Waals surface area contributed by atoms with Gasteiger partial charge < -0.3 is 15.5 Å². The number of carbonyl (C=O) groups is 1. The average Bonchev–Trinajstić information content (AvgIpc) is 2.74. The molecule has 1 saturated heterocycles. The van der Waals surface area contributed by atoms with E-state index in [1.54, 1.807) is 4.90 Å². The van der Waals surface area contributed by atoms with E-state index in [9.17, 15) is 4.79 Å². The molecular formula is C14H26N6O. The lowest BCUT2D eigenvalue weighted by molar-refractivity contribution is 0.116. The summed E-state index contributed by atoms with van der Waals surface area (Å²) >= 11 is 0. The number of carbonyl (C=O) groups excluding carboxylic acids is 1. The van der Waals surface area contributed by atoms with Gasteiger partial charge in [0, 0.05) is 25.2 Å². The van der Waals surface area contributed by atoms with Crippen molar-refractivity contribution in [3.8, 4) is 0 Å². The summed E-state index contributed by atoms with van der Waals surface area (Å²) in [5, 5.41) is 14.7. The molecular weight excluding hydrogens is 268 g/mol. The largest absolute Gasteiger partial charge is 0.336 e. The molecule has 118 valence electrons. The number of nitrogens with zero attached hydrogens (tertiary/aromatic N) is 4. The summed E-state index contributed by atoms with van der Waals surface area (Å²) in [4.78, 5) is 13.6. The van der Waals surface area contributed by atoms with Crippen molar-refractivity contribution in [3.05, 3.63) is 11.9 Å². The summed E-state index contributed by atoms with van der Waals surface area (Å²) in [6.07, 6.45) is 1.97. The summed E-state index contributed by atoms with van der Waals surface area (Å²) in [6, 6.07) is 0.979.